The molecule has 0 aliphatic carbocycles. The van der Waals surface area contributed by atoms with Gasteiger partial charge in [-0.1, -0.05) is 119 Å². The van der Waals surface area contributed by atoms with Gasteiger partial charge in [-0.05, 0) is 49.1 Å². The molecule has 0 amide bonds. The van der Waals surface area contributed by atoms with Gasteiger partial charge in [-0.3, -0.25) is 4.98 Å². The standard InChI is InChI=1S/C36H21FNS.C14H16GeN.Ir/c37-32-21-38-33(20-25(32)18-22-8-2-1-3-9-22)31-19-24-11-5-7-13-27(24)34-30-17-16-28-26-12-6-4-10-23(26)14-15-29(28)35(30)39-36(31)34;1-15(2,3)13-9-10-14(16-11-13)12-7-5-4-6-8-12;/h1-17,20-21H,18H2;4-7,9-11H,1-3H3;/q2*-1;/i18D2;;. The SMILES string of the molecule is [2H]C([2H])(c1ccccc1)c1cc(-c2[c-]c3ccccc3c3c2sc2c4ccc5ccccc5c4ccc23)ncc1F.[CH3][Ge]([CH3])([CH3])[c]1ccc(-c2[c-]cccc2)nc1.[Ir]. The molecule has 6 heteroatoms. The summed E-state index contributed by atoms with van der Waals surface area (Å²) in [6.07, 6.45) is 1.14. The molecule has 0 saturated carbocycles. The van der Waals surface area contributed by atoms with E-state index >= 15 is 4.39 Å². The molecule has 0 aliphatic rings. The van der Waals surface area contributed by atoms with Gasteiger partial charge in [-0.15, -0.1) is 17.5 Å². The van der Waals surface area contributed by atoms with E-state index in [9.17, 15) is 0 Å². The van der Waals surface area contributed by atoms with Gasteiger partial charge in [-0.25, -0.2) is 4.39 Å². The molecule has 10 rings (SSSR count). The van der Waals surface area contributed by atoms with Crippen LogP contribution in [-0.4, -0.2) is 23.2 Å². The van der Waals surface area contributed by atoms with Crippen LogP contribution in [0.15, 0.2) is 158 Å². The van der Waals surface area contributed by atoms with E-state index in [-0.39, 0.29) is 25.7 Å². The van der Waals surface area contributed by atoms with Crippen molar-refractivity contribution >= 4 is 81.5 Å². The molecule has 0 aliphatic heterocycles. The fourth-order valence-corrected chi connectivity index (χ4v) is 10.7. The quantitative estimate of drug-likeness (QED) is 0.0976. The molecule has 0 spiro atoms. The van der Waals surface area contributed by atoms with E-state index < -0.39 is 25.5 Å². The second-order valence-corrected chi connectivity index (χ2v) is 26.3. The molecule has 0 atom stereocenters. The number of rotatable bonds is 5. The van der Waals surface area contributed by atoms with Crippen molar-refractivity contribution in [1.82, 2.24) is 9.97 Å². The van der Waals surface area contributed by atoms with Crippen molar-refractivity contribution in [3.8, 4) is 22.5 Å². The number of hydrogen-bond donors (Lipinski definition) is 0. The predicted molar refractivity (Wildman–Crippen MR) is 235 cm³/mol. The minimum Gasteiger partial charge on any atom is 0 e. The number of aromatic nitrogens is 2. The van der Waals surface area contributed by atoms with Gasteiger partial charge < -0.3 is 0 Å². The molecular formula is C50H37FGeIrN2S-2. The van der Waals surface area contributed by atoms with Gasteiger partial charge in [0, 0.05) is 33.2 Å². The van der Waals surface area contributed by atoms with Crippen molar-refractivity contribution in [1.29, 1.82) is 0 Å². The summed E-state index contributed by atoms with van der Waals surface area (Å²) in [5.74, 6) is 6.47. The number of hydrogen-bond acceptors (Lipinski definition) is 3. The maximum Gasteiger partial charge on any atom is 0 e. The topological polar surface area (TPSA) is 25.8 Å². The maximum atomic E-state index is 15.2. The van der Waals surface area contributed by atoms with Crippen molar-refractivity contribution < 1.29 is 27.2 Å². The molecule has 2 nitrogen and oxygen atoms in total. The molecule has 1 radical (unpaired) electrons. The van der Waals surface area contributed by atoms with Crippen LogP contribution in [0.25, 0.3) is 75.0 Å². The number of pyridine rings is 2. The van der Waals surface area contributed by atoms with Gasteiger partial charge in [0.1, 0.15) is 5.82 Å². The molecule has 3 aromatic heterocycles. The largest absolute Gasteiger partial charge is 0 e. The second-order valence-electron chi connectivity index (χ2n) is 14.7. The fourth-order valence-electron chi connectivity index (χ4n) is 7.17. The molecule has 10 aromatic rings. The van der Waals surface area contributed by atoms with Gasteiger partial charge in [-0.2, -0.15) is 11.3 Å². The second kappa shape index (κ2) is 15.8. The Labute approximate surface area is 349 Å². The monoisotopic (exact) mass is 985 g/mol. The first-order chi connectivity index (χ1) is 27.6. The summed E-state index contributed by atoms with van der Waals surface area (Å²) in [6.45, 7) is 0. The van der Waals surface area contributed by atoms with Gasteiger partial charge >= 0.3 is 99.8 Å². The van der Waals surface area contributed by atoms with Crippen LogP contribution >= 0.6 is 11.3 Å². The number of nitrogens with zero attached hydrogens (tertiary/aromatic N) is 2. The zero-order valence-corrected chi connectivity index (χ0v) is 36.3. The van der Waals surface area contributed by atoms with E-state index in [4.69, 9.17) is 2.74 Å². The molecule has 0 saturated heterocycles. The third-order valence-electron chi connectivity index (χ3n) is 10.0. The van der Waals surface area contributed by atoms with Crippen molar-refractivity contribution in [2.24, 2.45) is 0 Å². The van der Waals surface area contributed by atoms with Crippen LogP contribution in [0, 0.1) is 17.9 Å². The van der Waals surface area contributed by atoms with Crippen molar-refractivity contribution in [2.75, 3.05) is 0 Å². The van der Waals surface area contributed by atoms with Crippen LogP contribution in [-0.2, 0) is 26.5 Å². The molecule has 0 N–H and O–H groups in total. The summed E-state index contributed by atoms with van der Waals surface area (Å²) in [6, 6.07) is 54.7. The summed E-state index contributed by atoms with van der Waals surface area (Å²) in [5.41, 5.74) is 3.68. The van der Waals surface area contributed by atoms with E-state index in [0.717, 1.165) is 49.3 Å². The zero-order valence-electron chi connectivity index (χ0n) is 33.0. The van der Waals surface area contributed by atoms with E-state index in [1.807, 2.05) is 54.7 Å². The molecule has 0 fully saturated rings. The van der Waals surface area contributed by atoms with Gasteiger partial charge in [0.25, 0.3) is 0 Å². The van der Waals surface area contributed by atoms with Gasteiger partial charge in [0.2, 0.25) is 0 Å². The van der Waals surface area contributed by atoms with Crippen LogP contribution in [0.3, 0.4) is 0 Å². The molecule has 0 unspecified atom stereocenters. The van der Waals surface area contributed by atoms with Gasteiger partial charge in [0.05, 0.1) is 6.20 Å². The Morgan fingerprint density at radius 2 is 1.38 bits per heavy atom. The Hall–Kier alpha value is -5.04. The van der Waals surface area contributed by atoms with Gasteiger partial charge in [0.15, 0.2) is 0 Å². The average molecular weight is 984 g/mol. The zero-order chi connectivity index (χ0) is 39.3. The summed E-state index contributed by atoms with van der Waals surface area (Å²) in [5, 5.41) is 9.11. The van der Waals surface area contributed by atoms with Crippen LogP contribution in [0.2, 0.25) is 17.3 Å². The Morgan fingerprint density at radius 3 is 2.14 bits per heavy atom. The number of benzene rings is 7. The summed E-state index contributed by atoms with van der Waals surface area (Å²) >= 11 is -0.0247. The molecule has 0 bridgehead atoms. The van der Waals surface area contributed by atoms with Crippen molar-refractivity contribution in [3.63, 3.8) is 0 Å². The predicted octanol–water partition coefficient (Wildman–Crippen LogP) is 13.2. The summed E-state index contributed by atoms with van der Waals surface area (Å²) < 4.78 is 36.5. The Morgan fingerprint density at radius 1 is 0.661 bits per heavy atom. The summed E-state index contributed by atoms with van der Waals surface area (Å²) in [7, 11) is 0. The van der Waals surface area contributed by atoms with Crippen LogP contribution in [0.5, 0.6) is 0 Å². The van der Waals surface area contributed by atoms with Crippen LogP contribution in [0.1, 0.15) is 13.9 Å². The van der Waals surface area contributed by atoms with Crippen LogP contribution in [0.4, 0.5) is 4.39 Å². The Balaban J connectivity index is 0.000000233. The normalized spacial score (nSPS) is 12.3. The first kappa shape index (κ1) is 35.4. The molecule has 7 aromatic carbocycles. The third kappa shape index (κ3) is 7.33. The minimum absolute atomic E-state index is 0. The molecule has 3 heterocycles. The number of fused-ring (bicyclic) bond motifs is 9. The maximum absolute atomic E-state index is 15.2. The minimum atomic E-state index is -2.03. The first-order valence-corrected chi connectivity index (χ1v) is 26.5. The average Bonchev–Trinajstić information content (AvgIpc) is 3.65. The summed E-state index contributed by atoms with van der Waals surface area (Å²) in [4.78, 5) is 9.01. The van der Waals surface area contributed by atoms with E-state index in [0.29, 0.717) is 11.3 Å². The smallest absolute Gasteiger partial charge is 0 e. The Bertz CT molecular complexity index is 3090. The van der Waals surface area contributed by atoms with Crippen molar-refractivity contribution in [2.45, 2.75) is 23.6 Å². The molecule has 275 valence electrons. The molecular weight excluding hydrogens is 944 g/mol. The number of halogens is 1. The van der Waals surface area contributed by atoms with Crippen molar-refractivity contribution in [3.05, 3.63) is 187 Å². The van der Waals surface area contributed by atoms with E-state index in [1.54, 1.807) is 41.7 Å². The van der Waals surface area contributed by atoms with E-state index in [1.165, 1.54) is 30.6 Å². The molecule has 56 heavy (non-hydrogen) atoms. The van der Waals surface area contributed by atoms with E-state index in [2.05, 4.69) is 106 Å². The third-order valence-corrected chi connectivity index (χ3v) is 15.5. The van der Waals surface area contributed by atoms with Crippen LogP contribution < -0.4 is 4.40 Å². The first-order valence-electron chi connectivity index (χ1n) is 19.3. The fraction of sp³-hybridized carbons (Fsp3) is 0.0800. The number of thiophene rings is 1. The Kier molecular flexibility index (Phi) is 10.0.